The number of nitrogens with zero attached hydrogens (tertiary/aromatic N) is 2. The van der Waals surface area contributed by atoms with Gasteiger partial charge < -0.3 is 20.1 Å². The number of thiocarbonyl (C=S) groups is 1. The van der Waals surface area contributed by atoms with E-state index >= 15 is 0 Å². The number of aromatic hydroxyl groups is 1. The van der Waals surface area contributed by atoms with E-state index in [0.29, 0.717) is 30.1 Å². The first-order chi connectivity index (χ1) is 12.9. The van der Waals surface area contributed by atoms with Crippen molar-refractivity contribution in [2.75, 3.05) is 13.7 Å². The van der Waals surface area contributed by atoms with Gasteiger partial charge in [0.2, 0.25) is 0 Å². The highest BCUT2D eigenvalue weighted by Crippen LogP contribution is 2.44. The van der Waals surface area contributed by atoms with Crippen molar-refractivity contribution in [3.8, 4) is 11.5 Å². The number of nitro benzene ring substituents is 1. The van der Waals surface area contributed by atoms with Gasteiger partial charge in [0, 0.05) is 35.9 Å². The summed E-state index contributed by atoms with van der Waals surface area (Å²) < 4.78 is 5.09. The van der Waals surface area contributed by atoms with Crippen molar-refractivity contribution in [2.24, 2.45) is 0 Å². The van der Waals surface area contributed by atoms with Gasteiger partial charge in [-0.3, -0.25) is 14.9 Å². The maximum absolute atomic E-state index is 12.7. The summed E-state index contributed by atoms with van der Waals surface area (Å²) in [5.74, 6) is -0.298. The quantitative estimate of drug-likeness (QED) is 0.448. The smallest absolute Gasteiger partial charge is 0.273 e. The number of phenolic OH excluding ortho intramolecular Hbond substituents is 1. The maximum Gasteiger partial charge on any atom is 0.273 e. The van der Waals surface area contributed by atoms with Crippen molar-refractivity contribution < 1.29 is 19.6 Å². The Morgan fingerprint density at radius 2 is 2.19 bits per heavy atom. The Bertz CT molecular complexity index is 852. The zero-order valence-corrected chi connectivity index (χ0v) is 16.0. The number of allylic oxidation sites excluding steroid dienone is 1. The van der Waals surface area contributed by atoms with Crippen LogP contribution >= 0.6 is 12.2 Å². The Hall–Kier alpha value is -2.68. The summed E-state index contributed by atoms with van der Waals surface area (Å²) in [6.45, 7) is 2.70. The average molecular weight is 391 g/mol. The third-order valence-corrected chi connectivity index (χ3v) is 5.17. The molecule has 0 fully saturated rings. The molecule has 0 radical (unpaired) electrons. The highest BCUT2D eigenvalue weighted by molar-refractivity contribution is 7.80. The largest absolute Gasteiger partial charge is 0.504 e. The first-order valence-electron chi connectivity index (χ1n) is 8.78. The number of Topliss-reactive ketones (excluding diaryl/α,β-unsaturated/α-hetero) is 1. The van der Waals surface area contributed by atoms with Crippen LogP contribution in [-0.2, 0) is 4.79 Å². The number of rotatable bonds is 5. The predicted octanol–water partition coefficient (Wildman–Crippen LogP) is 2.96. The summed E-state index contributed by atoms with van der Waals surface area (Å²) in [6.07, 6.45) is 2.69. The third-order valence-electron chi connectivity index (χ3n) is 4.83. The number of phenols is 1. The molecule has 0 aromatic heterocycles. The molecule has 3 rings (SSSR count). The summed E-state index contributed by atoms with van der Waals surface area (Å²) >= 11 is 5.49. The number of carbonyl (C=O) groups excluding carboxylic acids is 1. The fourth-order valence-corrected chi connectivity index (χ4v) is 3.96. The number of ketones is 1. The van der Waals surface area contributed by atoms with Crippen LogP contribution in [0.5, 0.6) is 11.5 Å². The zero-order valence-electron chi connectivity index (χ0n) is 15.2. The molecule has 2 aliphatic rings. The summed E-state index contributed by atoms with van der Waals surface area (Å²) in [5, 5.41) is 25.4. The van der Waals surface area contributed by atoms with Gasteiger partial charge in [-0.05, 0) is 31.5 Å². The van der Waals surface area contributed by atoms with Gasteiger partial charge in [0.1, 0.15) is 0 Å². The molecule has 1 aromatic rings. The number of nitro groups is 1. The van der Waals surface area contributed by atoms with Crippen LogP contribution < -0.4 is 10.1 Å². The van der Waals surface area contributed by atoms with Crippen molar-refractivity contribution in [1.29, 1.82) is 0 Å². The van der Waals surface area contributed by atoms with E-state index in [-0.39, 0.29) is 28.5 Å². The zero-order chi connectivity index (χ0) is 19.7. The highest BCUT2D eigenvalue weighted by Gasteiger charge is 2.39. The van der Waals surface area contributed by atoms with Crippen molar-refractivity contribution in [2.45, 2.75) is 38.6 Å². The first kappa shape index (κ1) is 19.1. The standard InChI is InChI=1S/C18H21N3O5S/c1-3-7-20-12-5-4-6-13(22)15(12)16(19-18(20)27)11-8-10(21(24)25)9-14(26-2)17(11)23/h8-9,16,23H,3-7H2,1-2H3,(H,19,27). The molecule has 144 valence electrons. The van der Waals surface area contributed by atoms with Gasteiger partial charge in [0.25, 0.3) is 5.69 Å². The molecule has 1 atom stereocenters. The summed E-state index contributed by atoms with van der Waals surface area (Å²) in [4.78, 5) is 25.4. The number of hydrogen-bond donors (Lipinski definition) is 2. The Balaban J connectivity index is 2.20. The maximum atomic E-state index is 12.7. The lowest BCUT2D eigenvalue weighted by molar-refractivity contribution is -0.385. The van der Waals surface area contributed by atoms with Gasteiger partial charge in [-0.25, -0.2) is 0 Å². The molecule has 0 bridgehead atoms. The van der Waals surface area contributed by atoms with Gasteiger partial charge in [0.15, 0.2) is 22.4 Å². The van der Waals surface area contributed by atoms with Crippen LogP contribution in [-0.4, -0.2) is 39.5 Å². The van der Waals surface area contributed by atoms with Gasteiger partial charge in [-0.15, -0.1) is 0 Å². The molecule has 0 amide bonds. The molecule has 2 N–H and O–H groups in total. The number of benzene rings is 1. The molecule has 0 saturated carbocycles. The van der Waals surface area contributed by atoms with E-state index in [1.165, 1.54) is 13.2 Å². The van der Waals surface area contributed by atoms with Crippen LogP contribution in [0.3, 0.4) is 0 Å². The second-order valence-electron chi connectivity index (χ2n) is 6.51. The second kappa shape index (κ2) is 7.51. The molecule has 1 aliphatic carbocycles. The van der Waals surface area contributed by atoms with Crippen molar-refractivity contribution in [3.63, 3.8) is 0 Å². The first-order valence-corrected chi connectivity index (χ1v) is 9.19. The number of carbonyl (C=O) groups is 1. The molecule has 9 heteroatoms. The average Bonchev–Trinajstić information content (AvgIpc) is 2.64. The Morgan fingerprint density at radius 1 is 1.44 bits per heavy atom. The van der Waals surface area contributed by atoms with Crippen LogP contribution in [0, 0.1) is 10.1 Å². The fourth-order valence-electron chi connectivity index (χ4n) is 3.64. The minimum Gasteiger partial charge on any atom is -0.504 e. The third kappa shape index (κ3) is 3.34. The lowest BCUT2D eigenvalue weighted by Crippen LogP contribution is -2.49. The number of ether oxygens (including phenoxy) is 1. The molecular formula is C18H21N3O5S. The number of methoxy groups -OCH3 is 1. The van der Waals surface area contributed by atoms with Crippen molar-refractivity contribution in [3.05, 3.63) is 39.1 Å². The Labute approximate surface area is 162 Å². The molecule has 1 aromatic carbocycles. The Morgan fingerprint density at radius 3 is 2.81 bits per heavy atom. The lowest BCUT2D eigenvalue weighted by atomic mass is 9.84. The van der Waals surface area contributed by atoms with Gasteiger partial charge in [-0.1, -0.05) is 6.92 Å². The van der Waals surface area contributed by atoms with Gasteiger partial charge in [0.05, 0.1) is 24.1 Å². The molecule has 0 saturated heterocycles. The SMILES string of the molecule is CCCN1C(=S)NC(c2cc([N+](=O)[O-])cc(OC)c2O)C2=C1CCCC2=O. The van der Waals surface area contributed by atoms with E-state index in [1.54, 1.807) is 0 Å². The summed E-state index contributed by atoms with van der Waals surface area (Å²) in [7, 11) is 1.32. The van der Waals surface area contributed by atoms with Crippen LogP contribution in [0.2, 0.25) is 0 Å². The summed E-state index contributed by atoms with van der Waals surface area (Å²) in [6, 6.07) is 1.67. The fraction of sp³-hybridized carbons (Fsp3) is 0.444. The van der Waals surface area contributed by atoms with E-state index < -0.39 is 11.0 Å². The predicted molar refractivity (Wildman–Crippen MR) is 103 cm³/mol. The monoisotopic (exact) mass is 391 g/mol. The minimum atomic E-state index is -0.748. The number of hydrogen-bond acceptors (Lipinski definition) is 6. The topological polar surface area (TPSA) is 105 Å². The van der Waals surface area contributed by atoms with Crippen molar-refractivity contribution >= 4 is 28.8 Å². The molecule has 1 heterocycles. The highest BCUT2D eigenvalue weighted by atomic mass is 32.1. The second-order valence-corrected chi connectivity index (χ2v) is 6.90. The van der Waals surface area contributed by atoms with E-state index in [1.807, 2.05) is 11.8 Å². The van der Waals surface area contributed by atoms with Crippen LogP contribution in [0.25, 0.3) is 0 Å². The van der Waals surface area contributed by atoms with Gasteiger partial charge >= 0.3 is 0 Å². The molecule has 1 unspecified atom stereocenters. The Kier molecular flexibility index (Phi) is 5.31. The molecule has 8 nitrogen and oxygen atoms in total. The number of nitrogens with one attached hydrogen (secondary N) is 1. The van der Waals surface area contributed by atoms with Crippen LogP contribution in [0.4, 0.5) is 5.69 Å². The molecule has 27 heavy (non-hydrogen) atoms. The number of non-ortho nitro benzene ring substituents is 1. The lowest BCUT2D eigenvalue weighted by Gasteiger charge is -2.41. The molecule has 1 aliphatic heterocycles. The summed E-state index contributed by atoms with van der Waals surface area (Å²) in [5.41, 5.74) is 1.34. The van der Waals surface area contributed by atoms with Crippen molar-refractivity contribution in [1.82, 2.24) is 10.2 Å². The molecular weight excluding hydrogens is 370 g/mol. The van der Waals surface area contributed by atoms with E-state index in [0.717, 1.165) is 24.6 Å². The minimum absolute atomic E-state index is 0.0201. The molecule has 0 spiro atoms. The van der Waals surface area contributed by atoms with E-state index in [9.17, 15) is 20.0 Å². The van der Waals surface area contributed by atoms with Crippen LogP contribution in [0.15, 0.2) is 23.4 Å². The van der Waals surface area contributed by atoms with Gasteiger partial charge in [-0.2, -0.15) is 0 Å². The normalized spacial score (nSPS) is 19.6. The van der Waals surface area contributed by atoms with Crippen LogP contribution in [0.1, 0.15) is 44.2 Å². The van der Waals surface area contributed by atoms with E-state index in [2.05, 4.69) is 5.32 Å². The van der Waals surface area contributed by atoms with E-state index in [4.69, 9.17) is 17.0 Å².